The van der Waals surface area contributed by atoms with Crippen LogP contribution < -0.4 is 9.46 Å². The number of anilines is 1. The van der Waals surface area contributed by atoms with E-state index in [0.717, 1.165) is 16.7 Å². The van der Waals surface area contributed by atoms with Crippen molar-refractivity contribution in [3.05, 3.63) is 78.1 Å². The van der Waals surface area contributed by atoms with Crippen LogP contribution >= 0.6 is 0 Å². The summed E-state index contributed by atoms with van der Waals surface area (Å²) in [5, 5.41) is 3.92. The number of aryl methyl sites for hydroxylation is 3. The van der Waals surface area contributed by atoms with Crippen LogP contribution in [0.3, 0.4) is 0 Å². The zero-order chi connectivity index (χ0) is 22.0. The van der Waals surface area contributed by atoms with E-state index in [9.17, 15) is 8.42 Å². The van der Waals surface area contributed by atoms with E-state index >= 15 is 0 Å². The van der Waals surface area contributed by atoms with Gasteiger partial charge in [0.25, 0.3) is 10.0 Å². The second-order valence-electron chi connectivity index (χ2n) is 7.05. The molecule has 31 heavy (non-hydrogen) atoms. The second-order valence-corrected chi connectivity index (χ2v) is 8.74. The third-order valence-corrected chi connectivity index (χ3v) is 5.93. The van der Waals surface area contributed by atoms with Gasteiger partial charge in [-0.3, -0.25) is 4.68 Å². The SMILES string of the molecule is Cc1ccccc1Oc1cc(-c2ccccc2C)nc(NS(=O)(=O)c2cnn(C)c2)n1. The van der Waals surface area contributed by atoms with Crippen molar-refractivity contribution in [2.45, 2.75) is 18.7 Å². The van der Waals surface area contributed by atoms with Gasteiger partial charge < -0.3 is 4.74 Å². The summed E-state index contributed by atoms with van der Waals surface area (Å²) >= 11 is 0. The molecule has 0 aliphatic carbocycles. The quantitative estimate of drug-likeness (QED) is 0.490. The molecule has 0 atom stereocenters. The van der Waals surface area contributed by atoms with Gasteiger partial charge in [-0.25, -0.2) is 18.1 Å². The van der Waals surface area contributed by atoms with Crippen LogP contribution in [0.4, 0.5) is 5.95 Å². The third-order valence-electron chi connectivity index (χ3n) is 4.65. The molecule has 2 aromatic heterocycles. The topological polar surface area (TPSA) is 99.0 Å². The van der Waals surface area contributed by atoms with Gasteiger partial charge in [-0.1, -0.05) is 42.5 Å². The predicted octanol–water partition coefficient (Wildman–Crippen LogP) is 4.09. The molecule has 0 aliphatic rings. The molecule has 4 aromatic rings. The van der Waals surface area contributed by atoms with Gasteiger partial charge in [-0.05, 0) is 31.0 Å². The minimum absolute atomic E-state index is 0.0151. The molecule has 9 heteroatoms. The van der Waals surface area contributed by atoms with Gasteiger partial charge in [0.05, 0.1) is 11.9 Å². The van der Waals surface area contributed by atoms with E-state index in [0.29, 0.717) is 11.4 Å². The fourth-order valence-electron chi connectivity index (χ4n) is 3.02. The summed E-state index contributed by atoms with van der Waals surface area (Å²) < 4.78 is 35.4. The second kappa shape index (κ2) is 8.19. The number of rotatable bonds is 6. The van der Waals surface area contributed by atoms with Crippen LogP contribution in [0.15, 0.2) is 71.9 Å². The van der Waals surface area contributed by atoms with Crippen LogP contribution in [0.1, 0.15) is 11.1 Å². The highest BCUT2D eigenvalue weighted by Crippen LogP contribution is 2.29. The summed E-state index contributed by atoms with van der Waals surface area (Å²) in [7, 11) is -2.27. The lowest BCUT2D eigenvalue weighted by atomic mass is 10.1. The lowest BCUT2D eigenvalue weighted by Crippen LogP contribution is -2.15. The van der Waals surface area contributed by atoms with E-state index < -0.39 is 10.0 Å². The fraction of sp³-hybridized carbons (Fsp3) is 0.136. The molecule has 0 aliphatic heterocycles. The molecule has 2 heterocycles. The van der Waals surface area contributed by atoms with Gasteiger partial charge >= 0.3 is 0 Å². The molecule has 0 fully saturated rings. The highest BCUT2D eigenvalue weighted by Gasteiger charge is 2.20. The lowest BCUT2D eigenvalue weighted by molar-refractivity contribution is 0.459. The zero-order valence-corrected chi connectivity index (χ0v) is 18.1. The first kappa shape index (κ1) is 20.5. The monoisotopic (exact) mass is 435 g/mol. The summed E-state index contributed by atoms with van der Waals surface area (Å²) in [6, 6.07) is 16.9. The number of benzene rings is 2. The highest BCUT2D eigenvalue weighted by molar-refractivity contribution is 7.92. The molecular formula is C22H21N5O3S. The summed E-state index contributed by atoms with van der Waals surface area (Å²) in [6.07, 6.45) is 2.66. The minimum atomic E-state index is -3.91. The van der Waals surface area contributed by atoms with Crippen molar-refractivity contribution in [2.24, 2.45) is 7.05 Å². The van der Waals surface area contributed by atoms with Gasteiger partial charge in [-0.15, -0.1) is 0 Å². The van der Waals surface area contributed by atoms with E-state index in [4.69, 9.17) is 4.74 Å². The molecule has 0 bridgehead atoms. The van der Waals surface area contributed by atoms with Crippen molar-refractivity contribution in [3.63, 3.8) is 0 Å². The molecule has 0 saturated carbocycles. The number of sulfonamides is 1. The smallest absolute Gasteiger partial charge is 0.267 e. The van der Waals surface area contributed by atoms with Gasteiger partial charge in [0.15, 0.2) is 0 Å². The first-order valence-corrected chi connectivity index (χ1v) is 11.0. The molecule has 8 nitrogen and oxygen atoms in total. The summed E-state index contributed by atoms with van der Waals surface area (Å²) in [6.45, 7) is 3.88. The summed E-state index contributed by atoms with van der Waals surface area (Å²) in [4.78, 5) is 8.74. The molecule has 4 rings (SSSR count). The fourth-order valence-corrected chi connectivity index (χ4v) is 3.95. The lowest BCUT2D eigenvalue weighted by Gasteiger charge is -2.13. The van der Waals surface area contributed by atoms with E-state index in [2.05, 4.69) is 19.8 Å². The van der Waals surface area contributed by atoms with E-state index in [1.165, 1.54) is 17.1 Å². The molecule has 0 saturated heterocycles. The summed E-state index contributed by atoms with van der Waals surface area (Å²) in [5.74, 6) is 0.762. The van der Waals surface area contributed by atoms with Crippen LogP contribution in [0.2, 0.25) is 0 Å². The molecule has 0 radical (unpaired) electrons. The van der Waals surface area contributed by atoms with Gasteiger partial charge in [0.1, 0.15) is 10.6 Å². The van der Waals surface area contributed by atoms with E-state index in [1.807, 2.05) is 62.4 Å². The highest BCUT2D eigenvalue weighted by atomic mass is 32.2. The Morgan fingerprint density at radius 2 is 1.68 bits per heavy atom. The molecular weight excluding hydrogens is 414 g/mol. The van der Waals surface area contributed by atoms with Crippen molar-refractivity contribution < 1.29 is 13.2 Å². The van der Waals surface area contributed by atoms with Crippen LogP contribution in [0.25, 0.3) is 11.3 Å². The van der Waals surface area contributed by atoms with Gasteiger partial charge in [0, 0.05) is 24.9 Å². The van der Waals surface area contributed by atoms with Crippen molar-refractivity contribution in [2.75, 3.05) is 4.72 Å². The average Bonchev–Trinajstić information content (AvgIpc) is 3.17. The number of hydrogen-bond acceptors (Lipinski definition) is 6. The van der Waals surface area contributed by atoms with Crippen molar-refractivity contribution >= 4 is 16.0 Å². The Morgan fingerprint density at radius 1 is 0.968 bits per heavy atom. The van der Waals surface area contributed by atoms with Crippen LogP contribution in [0, 0.1) is 13.8 Å². The van der Waals surface area contributed by atoms with Crippen LogP contribution in [-0.4, -0.2) is 28.2 Å². The molecule has 158 valence electrons. The molecule has 1 N–H and O–H groups in total. The average molecular weight is 436 g/mol. The Morgan fingerprint density at radius 3 is 2.35 bits per heavy atom. The maximum Gasteiger partial charge on any atom is 0.267 e. The molecule has 0 amide bonds. The third kappa shape index (κ3) is 4.56. The molecule has 0 unspecified atom stereocenters. The number of ether oxygens (including phenoxy) is 1. The first-order chi connectivity index (χ1) is 14.8. The number of nitrogens with zero attached hydrogens (tertiary/aromatic N) is 4. The Hall–Kier alpha value is -3.72. The number of nitrogens with one attached hydrogen (secondary N) is 1. The number of aromatic nitrogens is 4. The number of hydrogen-bond donors (Lipinski definition) is 1. The maximum atomic E-state index is 12.8. The largest absolute Gasteiger partial charge is 0.439 e. The van der Waals surface area contributed by atoms with E-state index in [-0.39, 0.29) is 16.7 Å². The predicted molar refractivity (Wildman–Crippen MR) is 117 cm³/mol. The minimum Gasteiger partial charge on any atom is -0.439 e. The maximum absolute atomic E-state index is 12.8. The standard InChI is InChI=1S/C22H21N5O3S/c1-15-8-4-6-10-18(15)19-12-21(30-20-11-7-5-9-16(20)2)25-22(24-19)26-31(28,29)17-13-23-27(3)14-17/h4-14H,1-3H3,(H,24,25,26). The van der Waals surface area contributed by atoms with Crippen molar-refractivity contribution in [1.82, 2.24) is 19.7 Å². The number of para-hydroxylation sites is 1. The zero-order valence-electron chi connectivity index (χ0n) is 17.3. The van der Waals surface area contributed by atoms with Crippen LogP contribution in [0.5, 0.6) is 11.6 Å². The van der Waals surface area contributed by atoms with E-state index in [1.54, 1.807) is 13.1 Å². The molecule has 2 aromatic carbocycles. The van der Waals surface area contributed by atoms with Crippen molar-refractivity contribution in [1.29, 1.82) is 0 Å². The Balaban J connectivity index is 1.78. The molecule has 0 spiro atoms. The van der Waals surface area contributed by atoms with Crippen LogP contribution in [-0.2, 0) is 17.1 Å². The first-order valence-electron chi connectivity index (χ1n) is 9.52. The summed E-state index contributed by atoms with van der Waals surface area (Å²) in [5.41, 5.74) is 3.31. The van der Waals surface area contributed by atoms with Gasteiger partial charge in [-0.2, -0.15) is 10.1 Å². The van der Waals surface area contributed by atoms with Gasteiger partial charge in [0.2, 0.25) is 11.8 Å². The normalized spacial score (nSPS) is 11.3. The Labute approximate surface area is 180 Å². The Bertz CT molecular complexity index is 1350. The van der Waals surface area contributed by atoms with Crippen molar-refractivity contribution in [3.8, 4) is 22.9 Å². The Kier molecular flexibility index (Phi) is 5.43.